The van der Waals surface area contributed by atoms with Gasteiger partial charge in [-0.3, -0.25) is 0 Å². The van der Waals surface area contributed by atoms with Crippen molar-refractivity contribution in [2.75, 3.05) is 24.9 Å². The molecule has 0 spiro atoms. The molecule has 0 saturated carbocycles. The molecule has 2 aromatic rings. The molecule has 0 bridgehead atoms. The van der Waals surface area contributed by atoms with E-state index in [9.17, 15) is 0 Å². The summed E-state index contributed by atoms with van der Waals surface area (Å²) < 4.78 is 10.4. The minimum Gasteiger partial charge on any atom is -0.495 e. The first-order valence-electron chi connectivity index (χ1n) is 6.04. The summed E-state index contributed by atoms with van der Waals surface area (Å²) >= 11 is 11.3. The highest BCUT2D eigenvalue weighted by molar-refractivity contribution is 7.80. The zero-order valence-electron chi connectivity index (χ0n) is 11.5. The molecule has 110 valence electrons. The summed E-state index contributed by atoms with van der Waals surface area (Å²) in [5.74, 6) is 1.75. The molecule has 0 unspecified atom stereocenters. The highest BCUT2D eigenvalue weighted by Crippen LogP contribution is 2.35. The fourth-order valence-corrected chi connectivity index (χ4v) is 2.12. The molecule has 5 nitrogen and oxygen atoms in total. The van der Waals surface area contributed by atoms with E-state index in [0.717, 1.165) is 0 Å². The van der Waals surface area contributed by atoms with Gasteiger partial charge in [0.1, 0.15) is 17.3 Å². The summed E-state index contributed by atoms with van der Waals surface area (Å²) in [6.45, 7) is 0. The molecule has 1 aromatic carbocycles. The number of hydrogen-bond acceptors (Lipinski definition) is 4. The number of benzene rings is 1. The largest absolute Gasteiger partial charge is 0.495 e. The number of pyridine rings is 1. The Balaban J connectivity index is 2.15. The number of aromatic nitrogens is 1. The Bertz CT molecular complexity index is 638. The topological polar surface area (TPSA) is 55.4 Å². The van der Waals surface area contributed by atoms with E-state index in [4.69, 9.17) is 33.3 Å². The fourth-order valence-electron chi connectivity index (χ4n) is 1.66. The van der Waals surface area contributed by atoms with Gasteiger partial charge in [-0.05, 0) is 30.4 Å². The van der Waals surface area contributed by atoms with Gasteiger partial charge < -0.3 is 20.1 Å². The lowest BCUT2D eigenvalue weighted by molar-refractivity contribution is 0.396. The Morgan fingerprint density at radius 1 is 1.14 bits per heavy atom. The Hall–Kier alpha value is -2.05. The van der Waals surface area contributed by atoms with Crippen molar-refractivity contribution in [2.45, 2.75) is 0 Å². The van der Waals surface area contributed by atoms with Crippen molar-refractivity contribution in [1.29, 1.82) is 0 Å². The number of nitrogens with one attached hydrogen (secondary N) is 2. The average Bonchev–Trinajstić information content (AvgIpc) is 2.48. The van der Waals surface area contributed by atoms with Gasteiger partial charge in [0.15, 0.2) is 5.11 Å². The minimum atomic E-state index is 0.383. The monoisotopic (exact) mass is 323 g/mol. The van der Waals surface area contributed by atoms with Gasteiger partial charge in [0, 0.05) is 12.3 Å². The predicted octanol–water partition coefficient (Wildman–Crippen LogP) is 3.56. The first-order valence-corrected chi connectivity index (χ1v) is 6.83. The average molecular weight is 324 g/mol. The van der Waals surface area contributed by atoms with Crippen molar-refractivity contribution in [2.24, 2.45) is 0 Å². The van der Waals surface area contributed by atoms with Gasteiger partial charge in [0.2, 0.25) is 0 Å². The van der Waals surface area contributed by atoms with Crippen molar-refractivity contribution >= 4 is 40.4 Å². The van der Waals surface area contributed by atoms with Crippen LogP contribution in [0.25, 0.3) is 0 Å². The number of hydrogen-bond donors (Lipinski definition) is 2. The molecule has 21 heavy (non-hydrogen) atoms. The predicted molar refractivity (Wildman–Crippen MR) is 88.6 cm³/mol. The van der Waals surface area contributed by atoms with E-state index in [1.807, 2.05) is 18.2 Å². The summed E-state index contributed by atoms with van der Waals surface area (Å²) in [7, 11) is 3.10. The third-order valence-corrected chi connectivity index (χ3v) is 3.13. The van der Waals surface area contributed by atoms with Crippen LogP contribution in [0.4, 0.5) is 11.5 Å². The molecule has 1 aromatic heterocycles. The fraction of sp³-hybridized carbons (Fsp3) is 0.143. The van der Waals surface area contributed by atoms with Gasteiger partial charge in [-0.15, -0.1) is 0 Å². The molecular formula is C14H14ClN3O2S. The quantitative estimate of drug-likeness (QED) is 0.839. The van der Waals surface area contributed by atoms with Crippen LogP contribution in [0.1, 0.15) is 0 Å². The molecule has 0 fully saturated rings. The van der Waals surface area contributed by atoms with E-state index in [1.165, 1.54) is 0 Å². The summed E-state index contributed by atoms with van der Waals surface area (Å²) in [4.78, 5) is 4.13. The van der Waals surface area contributed by atoms with Crippen LogP contribution >= 0.6 is 23.8 Å². The van der Waals surface area contributed by atoms with Crippen LogP contribution in [0.15, 0.2) is 36.5 Å². The van der Waals surface area contributed by atoms with Crippen LogP contribution in [-0.4, -0.2) is 24.3 Å². The van der Waals surface area contributed by atoms with E-state index in [2.05, 4.69) is 15.6 Å². The minimum absolute atomic E-state index is 0.383. The number of rotatable bonds is 4. The molecule has 1 heterocycles. The number of thiocarbonyl (C=S) groups is 1. The molecular weight excluding hydrogens is 310 g/mol. The van der Waals surface area contributed by atoms with Crippen LogP contribution in [0.3, 0.4) is 0 Å². The molecule has 0 amide bonds. The summed E-state index contributed by atoms with van der Waals surface area (Å²) in [6.07, 6.45) is 1.68. The van der Waals surface area contributed by atoms with Crippen LogP contribution in [0, 0.1) is 0 Å². The molecule has 0 aliphatic carbocycles. The van der Waals surface area contributed by atoms with Crippen LogP contribution in [0.2, 0.25) is 5.02 Å². The zero-order chi connectivity index (χ0) is 15.2. The van der Waals surface area contributed by atoms with Gasteiger partial charge in [-0.2, -0.15) is 0 Å². The molecule has 2 N–H and O–H groups in total. The first kappa shape index (κ1) is 15.3. The van der Waals surface area contributed by atoms with E-state index in [0.29, 0.717) is 33.1 Å². The Morgan fingerprint density at radius 2 is 1.90 bits per heavy atom. The normalized spacial score (nSPS) is 9.86. The number of ether oxygens (including phenoxy) is 2. The van der Waals surface area contributed by atoms with E-state index in [-0.39, 0.29) is 0 Å². The maximum Gasteiger partial charge on any atom is 0.176 e. The highest BCUT2D eigenvalue weighted by atomic mass is 35.5. The standard InChI is InChI=1S/C14H14ClN3O2S/c1-19-11-8-12(20-2)10(7-9(11)15)17-14(21)18-13-5-3-4-6-16-13/h3-8H,1-2H3,(H2,16,17,18,21). The van der Waals surface area contributed by atoms with E-state index < -0.39 is 0 Å². The van der Waals surface area contributed by atoms with Gasteiger partial charge in [-0.1, -0.05) is 17.7 Å². The number of nitrogens with zero attached hydrogens (tertiary/aromatic N) is 1. The summed E-state index contributed by atoms with van der Waals surface area (Å²) in [5, 5.41) is 6.83. The third-order valence-electron chi connectivity index (χ3n) is 2.63. The number of halogens is 1. The van der Waals surface area contributed by atoms with Crippen molar-refractivity contribution in [3.05, 3.63) is 41.6 Å². The highest BCUT2D eigenvalue weighted by Gasteiger charge is 2.11. The Labute approximate surface area is 133 Å². The molecule has 2 rings (SSSR count). The SMILES string of the molecule is COc1cc(OC)c(NC(=S)Nc2ccccn2)cc1Cl. The van der Waals surface area contributed by atoms with Crippen molar-refractivity contribution < 1.29 is 9.47 Å². The molecule has 7 heteroatoms. The summed E-state index contributed by atoms with van der Waals surface area (Å²) in [6, 6.07) is 8.88. The Kier molecular flexibility index (Phi) is 5.19. The second-order valence-electron chi connectivity index (χ2n) is 3.98. The zero-order valence-corrected chi connectivity index (χ0v) is 13.1. The van der Waals surface area contributed by atoms with E-state index in [1.54, 1.807) is 32.5 Å². The van der Waals surface area contributed by atoms with Crippen LogP contribution in [0.5, 0.6) is 11.5 Å². The van der Waals surface area contributed by atoms with Crippen molar-refractivity contribution in [1.82, 2.24) is 4.98 Å². The van der Waals surface area contributed by atoms with Crippen LogP contribution in [-0.2, 0) is 0 Å². The second kappa shape index (κ2) is 7.10. The van der Waals surface area contributed by atoms with Crippen molar-refractivity contribution in [3.63, 3.8) is 0 Å². The van der Waals surface area contributed by atoms with Gasteiger partial charge >= 0.3 is 0 Å². The van der Waals surface area contributed by atoms with Gasteiger partial charge in [0.05, 0.1) is 24.9 Å². The molecule has 0 saturated heterocycles. The third kappa shape index (κ3) is 3.96. The first-order chi connectivity index (χ1) is 10.1. The summed E-state index contributed by atoms with van der Waals surface area (Å²) in [5.41, 5.74) is 0.636. The number of anilines is 2. The smallest absolute Gasteiger partial charge is 0.176 e. The lowest BCUT2D eigenvalue weighted by Gasteiger charge is -2.15. The second-order valence-corrected chi connectivity index (χ2v) is 4.80. The molecule has 0 radical (unpaired) electrons. The lowest BCUT2D eigenvalue weighted by Crippen LogP contribution is -2.20. The molecule has 0 atom stereocenters. The van der Waals surface area contributed by atoms with E-state index >= 15 is 0 Å². The Morgan fingerprint density at radius 3 is 2.52 bits per heavy atom. The maximum atomic E-state index is 6.11. The maximum absolute atomic E-state index is 6.11. The number of methoxy groups -OCH3 is 2. The van der Waals surface area contributed by atoms with Gasteiger partial charge in [-0.25, -0.2) is 4.98 Å². The van der Waals surface area contributed by atoms with Crippen molar-refractivity contribution in [3.8, 4) is 11.5 Å². The van der Waals surface area contributed by atoms with Gasteiger partial charge in [0.25, 0.3) is 0 Å². The molecule has 0 aliphatic heterocycles. The van der Waals surface area contributed by atoms with Crippen LogP contribution < -0.4 is 20.1 Å². The molecule has 0 aliphatic rings. The lowest BCUT2D eigenvalue weighted by atomic mass is 10.2.